The Morgan fingerprint density at radius 2 is 2.19 bits per heavy atom. The van der Waals surface area contributed by atoms with Crippen molar-refractivity contribution >= 4 is 5.97 Å². The van der Waals surface area contributed by atoms with Crippen molar-refractivity contribution in [3.05, 3.63) is 24.3 Å². The lowest BCUT2D eigenvalue weighted by atomic mass is 10.1. The summed E-state index contributed by atoms with van der Waals surface area (Å²) in [5.41, 5.74) is -0.312. The van der Waals surface area contributed by atoms with Crippen LogP contribution in [-0.2, 0) is 9.53 Å². The summed E-state index contributed by atoms with van der Waals surface area (Å²) >= 11 is 0. The fraction of sp³-hybridized carbons (Fsp3) is 0.455. The second kappa shape index (κ2) is 4.71. The minimum absolute atomic E-state index is 0.305. The molecule has 0 spiro atoms. The van der Waals surface area contributed by atoms with Gasteiger partial charge >= 0.3 is 5.97 Å². The quantitative estimate of drug-likeness (QED) is 0.703. The van der Waals surface area contributed by atoms with Gasteiger partial charge in [0, 0.05) is 12.4 Å². The first-order chi connectivity index (χ1) is 7.44. The third-order valence-electron chi connectivity index (χ3n) is 1.65. The summed E-state index contributed by atoms with van der Waals surface area (Å²) in [5, 5.41) is 8.93. The highest BCUT2D eigenvalue weighted by Crippen LogP contribution is 2.17. The van der Waals surface area contributed by atoms with Crippen LogP contribution in [-0.4, -0.2) is 21.5 Å². The normalized spacial score (nSPS) is 12.6. The molecule has 5 nitrogen and oxygen atoms in total. The second-order valence-electron chi connectivity index (χ2n) is 4.23. The van der Waals surface area contributed by atoms with Crippen molar-refractivity contribution in [2.75, 3.05) is 0 Å². The lowest BCUT2D eigenvalue weighted by Gasteiger charge is -2.20. The number of nitrogens with zero attached hydrogens (tertiary/aromatic N) is 3. The van der Waals surface area contributed by atoms with Gasteiger partial charge in [0.1, 0.15) is 5.60 Å². The van der Waals surface area contributed by atoms with E-state index in [0.29, 0.717) is 5.69 Å². The van der Waals surface area contributed by atoms with E-state index >= 15 is 0 Å². The van der Waals surface area contributed by atoms with Gasteiger partial charge < -0.3 is 4.74 Å². The third kappa shape index (κ3) is 3.31. The monoisotopic (exact) mass is 219 g/mol. The molecule has 0 bridgehead atoms. The minimum atomic E-state index is -1.02. The maximum absolute atomic E-state index is 11.7. The van der Waals surface area contributed by atoms with Crippen molar-refractivity contribution in [3.8, 4) is 6.07 Å². The Kier molecular flexibility index (Phi) is 3.56. The summed E-state index contributed by atoms with van der Waals surface area (Å²) in [6, 6.07) is 1.86. The van der Waals surface area contributed by atoms with Gasteiger partial charge in [0.25, 0.3) is 0 Å². The molecule has 0 amide bonds. The van der Waals surface area contributed by atoms with Crippen molar-refractivity contribution in [1.29, 1.82) is 5.26 Å². The lowest BCUT2D eigenvalue weighted by Crippen LogP contribution is -2.27. The molecule has 1 heterocycles. The average molecular weight is 219 g/mol. The van der Waals surface area contributed by atoms with E-state index in [9.17, 15) is 4.79 Å². The molecule has 5 heteroatoms. The van der Waals surface area contributed by atoms with Crippen LogP contribution >= 0.6 is 0 Å². The molecule has 0 radical (unpaired) electrons. The summed E-state index contributed by atoms with van der Waals surface area (Å²) in [5.74, 6) is -1.62. The van der Waals surface area contributed by atoms with E-state index in [1.54, 1.807) is 20.8 Å². The van der Waals surface area contributed by atoms with Gasteiger partial charge in [-0.25, -0.2) is 0 Å². The van der Waals surface area contributed by atoms with Gasteiger partial charge in [-0.1, -0.05) is 0 Å². The number of esters is 1. The smallest absolute Gasteiger partial charge is 0.330 e. The highest BCUT2D eigenvalue weighted by Gasteiger charge is 2.27. The highest BCUT2D eigenvalue weighted by atomic mass is 16.6. The van der Waals surface area contributed by atoms with Crippen molar-refractivity contribution in [1.82, 2.24) is 9.97 Å². The SMILES string of the molecule is CC(C)(C)OC(=O)[C@@H](C#N)c1cnccn1. The van der Waals surface area contributed by atoms with Crippen LogP contribution in [0.25, 0.3) is 0 Å². The van der Waals surface area contributed by atoms with Gasteiger partial charge in [0.2, 0.25) is 0 Å². The lowest BCUT2D eigenvalue weighted by molar-refractivity contribution is -0.155. The molecule has 0 unspecified atom stereocenters. The fourth-order valence-electron chi connectivity index (χ4n) is 1.06. The van der Waals surface area contributed by atoms with Gasteiger partial charge in [-0.2, -0.15) is 5.26 Å². The van der Waals surface area contributed by atoms with E-state index in [-0.39, 0.29) is 0 Å². The van der Waals surface area contributed by atoms with Crippen LogP contribution in [0.3, 0.4) is 0 Å². The van der Waals surface area contributed by atoms with Crippen molar-refractivity contribution in [2.45, 2.75) is 32.3 Å². The summed E-state index contributed by atoms with van der Waals surface area (Å²) < 4.78 is 5.12. The maximum Gasteiger partial charge on any atom is 0.330 e. The number of rotatable bonds is 2. The molecular formula is C11H13N3O2. The standard InChI is InChI=1S/C11H13N3O2/c1-11(2,3)16-10(15)8(6-12)9-7-13-4-5-14-9/h4-5,7-8H,1-3H3/t8-/m0/s1. The number of carbonyl (C=O) groups excluding carboxylic acids is 1. The Bertz CT molecular complexity index is 403. The van der Waals surface area contributed by atoms with Gasteiger partial charge in [-0.15, -0.1) is 0 Å². The molecule has 0 fully saturated rings. The van der Waals surface area contributed by atoms with E-state index in [1.807, 2.05) is 6.07 Å². The Labute approximate surface area is 94.1 Å². The molecule has 1 rings (SSSR count). The summed E-state index contributed by atoms with van der Waals surface area (Å²) in [6.07, 6.45) is 4.30. The molecule has 0 N–H and O–H groups in total. The first-order valence-electron chi connectivity index (χ1n) is 4.82. The zero-order valence-corrected chi connectivity index (χ0v) is 9.47. The number of ether oxygens (including phenoxy) is 1. The first kappa shape index (κ1) is 12.1. The number of aromatic nitrogens is 2. The predicted molar refractivity (Wildman–Crippen MR) is 56.2 cm³/mol. The van der Waals surface area contributed by atoms with E-state index in [4.69, 9.17) is 10.00 Å². The predicted octanol–water partition coefficient (Wildman–Crippen LogP) is 1.43. The molecule has 1 aromatic rings. The topological polar surface area (TPSA) is 75.9 Å². The minimum Gasteiger partial charge on any atom is -0.459 e. The van der Waals surface area contributed by atoms with Gasteiger partial charge in [0.15, 0.2) is 5.92 Å². The Hall–Kier alpha value is -1.96. The van der Waals surface area contributed by atoms with Crippen LogP contribution in [0, 0.1) is 11.3 Å². The highest BCUT2D eigenvalue weighted by molar-refractivity contribution is 5.80. The van der Waals surface area contributed by atoms with Gasteiger partial charge in [-0.3, -0.25) is 14.8 Å². The number of hydrogen-bond donors (Lipinski definition) is 0. The molecule has 0 saturated carbocycles. The van der Waals surface area contributed by atoms with Crippen molar-refractivity contribution in [2.24, 2.45) is 0 Å². The number of carbonyl (C=O) groups is 1. The third-order valence-corrected chi connectivity index (χ3v) is 1.65. The summed E-state index contributed by atoms with van der Waals surface area (Å²) in [6.45, 7) is 5.24. The van der Waals surface area contributed by atoms with Crippen LogP contribution in [0.15, 0.2) is 18.6 Å². The van der Waals surface area contributed by atoms with Gasteiger partial charge in [-0.05, 0) is 20.8 Å². The van der Waals surface area contributed by atoms with Crippen LogP contribution in [0.5, 0.6) is 0 Å². The van der Waals surface area contributed by atoms with E-state index < -0.39 is 17.5 Å². The first-order valence-corrected chi connectivity index (χ1v) is 4.82. The van der Waals surface area contributed by atoms with E-state index in [1.165, 1.54) is 18.6 Å². The molecule has 1 atom stereocenters. The molecular weight excluding hydrogens is 206 g/mol. The number of hydrogen-bond acceptors (Lipinski definition) is 5. The zero-order chi connectivity index (χ0) is 12.2. The molecule has 1 aromatic heterocycles. The Balaban J connectivity index is 2.85. The van der Waals surface area contributed by atoms with E-state index in [2.05, 4.69) is 9.97 Å². The molecule has 0 saturated heterocycles. The van der Waals surface area contributed by atoms with Crippen LogP contribution in [0.2, 0.25) is 0 Å². The van der Waals surface area contributed by atoms with Crippen LogP contribution < -0.4 is 0 Å². The zero-order valence-electron chi connectivity index (χ0n) is 9.47. The number of nitriles is 1. The van der Waals surface area contributed by atoms with Gasteiger partial charge in [0.05, 0.1) is 18.0 Å². The second-order valence-corrected chi connectivity index (χ2v) is 4.23. The van der Waals surface area contributed by atoms with Crippen LogP contribution in [0.1, 0.15) is 32.4 Å². The molecule has 0 aliphatic carbocycles. The maximum atomic E-state index is 11.7. The molecule has 0 aromatic carbocycles. The summed E-state index contributed by atoms with van der Waals surface area (Å²) in [7, 11) is 0. The average Bonchev–Trinajstić information content (AvgIpc) is 2.17. The molecule has 16 heavy (non-hydrogen) atoms. The van der Waals surface area contributed by atoms with Crippen molar-refractivity contribution in [3.63, 3.8) is 0 Å². The largest absolute Gasteiger partial charge is 0.459 e. The molecule has 0 aliphatic heterocycles. The van der Waals surface area contributed by atoms with Crippen LogP contribution in [0.4, 0.5) is 0 Å². The molecule has 0 aliphatic rings. The molecule has 84 valence electrons. The Morgan fingerprint density at radius 1 is 1.50 bits per heavy atom. The Morgan fingerprint density at radius 3 is 2.62 bits per heavy atom. The fourth-order valence-corrected chi connectivity index (χ4v) is 1.06. The van der Waals surface area contributed by atoms with Crippen molar-refractivity contribution < 1.29 is 9.53 Å². The van der Waals surface area contributed by atoms with E-state index in [0.717, 1.165) is 0 Å². The summed E-state index contributed by atoms with van der Waals surface area (Å²) in [4.78, 5) is 19.4.